The van der Waals surface area contributed by atoms with Gasteiger partial charge in [0.2, 0.25) is 11.9 Å². The first-order valence-corrected chi connectivity index (χ1v) is 25.1. The lowest BCUT2D eigenvalue weighted by atomic mass is 9.79. The minimum Gasteiger partial charge on any atom is -0.497 e. The number of anilines is 1. The van der Waals surface area contributed by atoms with Crippen LogP contribution in [0, 0.1) is 11.8 Å². The number of H-pyrrole nitrogens is 1. The van der Waals surface area contributed by atoms with Crippen LogP contribution in [0.15, 0.2) is 169 Å². The zero-order valence-electron chi connectivity index (χ0n) is 41.6. The summed E-state index contributed by atoms with van der Waals surface area (Å²) >= 11 is 1.74. The molecular formula is C58H59N5O9S. The molecule has 1 aliphatic rings. The van der Waals surface area contributed by atoms with Crippen molar-refractivity contribution in [3.05, 3.63) is 208 Å². The number of methoxy groups -OCH3 is 4. The Morgan fingerprint density at radius 3 is 1.85 bits per heavy atom. The van der Waals surface area contributed by atoms with Crippen LogP contribution in [0.5, 0.6) is 23.0 Å². The van der Waals surface area contributed by atoms with Crippen molar-refractivity contribution in [1.29, 1.82) is 0 Å². The topological polar surface area (TPSA) is 168 Å². The van der Waals surface area contributed by atoms with Gasteiger partial charge in [0.05, 0.1) is 52.2 Å². The number of fused-ring (bicyclic) bond motifs is 1. The molecule has 376 valence electrons. The first-order chi connectivity index (χ1) is 35.5. The first-order valence-electron chi connectivity index (χ1n) is 24.1. The lowest BCUT2D eigenvalue weighted by Crippen LogP contribution is -2.38. The molecule has 2 unspecified atom stereocenters. The molecule has 9 rings (SSSR count). The molecule has 0 aliphatic carbocycles. The van der Waals surface area contributed by atoms with E-state index in [-0.39, 0.29) is 35.5 Å². The number of hydrogen-bond acceptors (Lipinski definition) is 12. The average Bonchev–Trinajstić information content (AvgIpc) is 4.00. The fourth-order valence-electron chi connectivity index (χ4n) is 9.71. The van der Waals surface area contributed by atoms with E-state index in [9.17, 15) is 14.7 Å². The van der Waals surface area contributed by atoms with E-state index in [0.717, 1.165) is 39.1 Å². The van der Waals surface area contributed by atoms with E-state index in [2.05, 4.69) is 56.7 Å². The Balaban J connectivity index is 1.15. The molecule has 6 aromatic carbocycles. The van der Waals surface area contributed by atoms with Crippen LogP contribution in [0.3, 0.4) is 0 Å². The lowest BCUT2D eigenvalue weighted by Gasteiger charge is -2.38. The molecular weight excluding hydrogens is 943 g/mol. The number of aromatic nitrogens is 4. The standard InChI is InChI=1S/C58H59N5O9S/c1-37(2)53(65)61-56-60-52-50(54(66)62-56)59-36-63(52)55-51(64)48(31-32-73-58(40-17-11-8-12-18-40,41-25-29-45(68-4)30-26-41)43-20-14-22-47(34-43)70-6)49(72-55)35-71-57(38-15-9-7-10-16-38,39-23-27-44(67-3)28-24-39)42-19-13-21-46(33-42)69-5/h7-30,33-34,36-37,48-49,51,55,64H,31-32,35H2,1-6H3,(H2,60,61,62,65,66)/t48-,49-,51-,55-,57?,58?/m1/s1. The highest BCUT2D eigenvalue weighted by atomic mass is 32.2. The van der Waals surface area contributed by atoms with Crippen molar-refractivity contribution >= 4 is 34.8 Å². The average molecular weight is 1000 g/mol. The van der Waals surface area contributed by atoms with E-state index in [4.69, 9.17) is 28.4 Å². The maximum atomic E-state index is 13.5. The third-order valence-corrected chi connectivity index (χ3v) is 15.1. The van der Waals surface area contributed by atoms with Crippen LogP contribution in [0.2, 0.25) is 0 Å². The van der Waals surface area contributed by atoms with Crippen LogP contribution in [0.25, 0.3) is 11.2 Å². The summed E-state index contributed by atoms with van der Waals surface area (Å²) in [7, 11) is 6.58. The van der Waals surface area contributed by atoms with Crippen LogP contribution >= 0.6 is 11.8 Å². The van der Waals surface area contributed by atoms with Gasteiger partial charge < -0.3 is 33.5 Å². The van der Waals surface area contributed by atoms with E-state index < -0.39 is 40.3 Å². The summed E-state index contributed by atoms with van der Waals surface area (Å²) in [4.78, 5) is 38.0. The number of imidazole rings is 1. The number of carbonyl (C=O) groups excluding carboxylic acids is 1. The molecule has 8 aromatic rings. The molecule has 1 saturated heterocycles. The molecule has 15 heteroatoms. The van der Waals surface area contributed by atoms with Crippen molar-refractivity contribution in [3.8, 4) is 23.0 Å². The molecule has 0 radical (unpaired) electrons. The van der Waals surface area contributed by atoms with Gasteiger partial charge in [-0.2, -0.15) is 4.98 Å². The number of nitrogens with zero attached hydrogens (tertiary/aromatic N) is 3. The van der Waals surface area contributed by atoms with E-state index in [1.54, 1.807) is 58.6 Å². The fraction of sp³-hybridized carbons (Fsp3) is 0.276. The molecule has 14 nitrogen and oxygen atoms in total. The zero-order chi connectivity index (χ0) is 51.1. The lowest BCUT2D eigenvalue weighted by molar-refractivity contribution is -0.118. The number of aliphatic hydroxyl groups excluding tert-OH is 1. The Labute approximate surface area is 428 Å². The molecule has 0 saturated carbocycles. The smallest absolute Gasteiger partial charge is 0.280 e. The molecule has 2 aromatic heterocycles. The Kier molecular flexibility index (Phi) is 15.3. The maximum absolute atomic E-state index is 13.5. The Hall–Kier alpha value is -7.43. The molecule has 0 spiro atoms. The summed E-state index contributed by atoms with van der Waals surface area (Å²) in [5.41, 5.74) is 3.92. The third-order valence-electron chi connectivity index (χ3n) is 13.5. The van der Waals surface area contributed by atoms with E-state index in [0.29, 0.717) is 29.4 Å². The number of hydrogen-bond donors (Lipinski definition) is 3. The Bertz CT molecular complexity index is 3190. The van der Waals surface area contributed by atoms with Crippen molar-refractivity contribution < 1.29 is 38.3 Å². The molecule has 1 amide bonds. The van der Waals surface area contributed by atoms with Crippen LogP contribution in [0.1, 0.15) is 59.9 Å². The summed E-state index contributed by atoms with van der Waals surface area (Å²) in [6, 6.07) is 52.2. The van der Waals surface area contributed by atoms with Gasteiger partial charge in [0.15, 0.2) is 17.4 Å². The molecule has 1 aliphatic heterocycles. The van der Waals surface area contributed by atoms with E-state index >= 15 is 0 Å². The zero-order valence-corrected chi connectivity index (χ0v) is 42.4. The van der Waals surface area contributed by atoms with Crippen LogP contribution in [-0.2, 0) is 24.6 Å². The van der Waals surface area contributed by atoms with Crippen LogP contribution in [0.4, 0.5) is 5.95 Å². The largest absolute Gasteiger partial charge is 0.497 e. The number of thioether (sulfide) groups is 1. The van der Waals surface area contributed by atoms with Gasteiger partial charge in [-0.05, 0) is 94.1 Å². The summed E-state index contributed by atoms with van der Waals surface area (Å²) in [6.45, 7) is 3.48. The fourth-order valence-corrected chi connectivity index (χ4v) is 11.3. The number of aromatic amines is 1. The van der Waals surface area contributed by atoms with Crippen molar-refractivity contribution in [2.75, 3.05) is 46.1 Å². The number of aliphatic hydroxyl groups is 1. The number of amides is 1. The second-order valence-electron chi connectivity index (χ2n) is 18.1. The first kappa shape index (κ1) is 50.5. The Morgan fingerprint density at radius 1 is 0.712 bits per heavy atom. The second-order valence-corrected chi connectivity index (χ2v) is 19.4. The van der Waals surface area contributed by atoms with Crippen molar-refractivity contribution in [2.45, 2.75) is 49.1 Å². The van der Waals surface area contributed by atoms with E-state index in [1.165, 1.54) is 6.33 Å². The third kappa shape index (κ3) is 10.1. The normalized spacial score (nSPS) is 18.2. The maximum Gasteiger partial charge on any atom is 0.280 e. The SMILES string of the molecule is COc1ccc(C(OC[C@H]2O[C@@H](n3cnc4c(=O)[nH]c(NC(=O)C(C)C)nc43)[C@H](O)[C@@H]2CCSC(c2ccccc2)(c2ccc(OC)cc2)c2cccc(OC)c2)(c2ccccc2)c2cccc(OC)c2)cc1. The van der Waals surface area contributed by atoms with Gasteiger partial charge in [-0.25, -0.2) is 4.98 Å². The van der Waals surface area contributed by atoms with Crippen LogP contribution in [-0.4, -0.2) is 83.5 Å². The summed E-state index contributed by atoms with van der Waals surface area (Å²) in [5.74, 6) is 1.99. The predicted octanol–water partition coefficient (Wildman–Crippen LogP) is 9.75. The minimum atomic E-state index is -1.23. The van der Waals surface area contributed by atoms with Crippen molar-refractivity contribution in [1.82, 2.24) is 19.5 Å². The van der Waals surface area contributed by atoms with Gasteiger partial charge in [-0.1, -0.05) is 123 Å². The molecule has 1 fully saturated rings. The number of benzene rings is 6. The van der Waals surface area contributed by atoms with Crippen molar-refractivity contribution in [3.63, 3.8) is 0 Å². The minimum absolute atomic E-state index is 0.00441. The number of ether oxygens (including phenoxy) is 6. The summed E-state index contributed by atoms with van der Waals surface area (Å²) in [5, 5.41) is 15.5. The predicted molar refractivity (Wildman–Crippen MR) is 283 cm³/mol. The second kappa shape index (κ2) is 22.1. The van der Waals surface area contributed by atoms with Gasteiger partial charge in [0.25, 0.3) is 5.56 Å². The van der Waals surface area contributed by atoms with Gasteiger partial charge >= 0.3 is 0 Å². The molecule has 3 N–H and O–H groups in total. The van der Waals surface area contributed by atoms with Gasteiger partial charge in [0.1, 0.15) is 34.7 Å². The van der Waals surface area contributed by atoms with Gasteiger partial charge in [0, 0.05) is 11.8 Å². The monoisotopic (exact) mass is 1000 g/mol. The molecule has 0 bridgehead atoms. The number of nitrogens with one attached hydrogen (secondary N) is 2. The van der Waals surface area contributed by atoms with Gasteiger partial charge in [-0.15, -0.1) is 11.8 Å². The molecule has 6 atom stereocenters. The highest BCUT2D eigenvalue weighted by Crippen LogP contribution is 2.51. The van der Waals surface area contributed by atoms with Gasteiger partial charge in [-0.3, -0.25) is 24.5 Å². The summed E-state index contributed by atoms with van der Waals surface area (Å²) < 4.78 is 38.1. The van der Waals surface area contributed by atoms with Crippen LogP contribution < -0.4 is 29.8 Å². The molecule has 73 heavy (non-hydrogen) atoms. The summed E-state index contributed by atoms with van der Waals surface area (Å²) in [6.07, 6.45) is -1.08. The van der Waals surface area contributed by atoms with Crippen molar-refractivity contribution in [2.24, 2.45) is 11.8 Å². The highest BCUT2D eigenvalue weighted by Gasteiger charge is 2.48. The van der Waals surface area contributed by atoms with E-state index in [1.807, 2.05) is 121 Å². The quantitative estimate of drug-likeness (QED) is 0.0620. The highest BCUT2D eigenvalue weighted by molar-refractivity contribution is 8.00. The number of rotatable bonds is 20. The Morgan fingerprint density at radius 2 is 1.25 bits per heavy atom. The number of carbonyl (C=O) groups is 1. The molecule has 3 heterocycles.